The van der Waals surface area contributed by atoms with Gasteiger partial charge >= 0.3 is 0 Å². The van der Waals surface area contributed by atoms with Crippen LogP contribution in [-0.2, 0) is 13.1 Å². The SMILES string of the molecule is c1ccc(Cn2c3ccsc3c3sc4c5sccc5n(Cc5ccccc5)c4c32)cc1. The smallest absolute Gasteiger partial charge is 0.0861 e. The summed E-state index contributed by atoms with van der Waals surface area (Å²) in [6.45, 7) is 1.79. The Morgan fingerprint density at radius 2 is 0.968 bits per heavy atom. The largest absolute Gasteiger partial charge is 0.333 e. The van der Waals surface area contributed by atoms with E-state index < -0.39 is 0 Å². The molecule has 5 aromatic heterocycles. The van der Waals surface area contributed by atoms with Crippen LogP contribution in [0.1, 0.15) is 11.1 Å². The number of nitrogens with zero attached hydrogens (tertiary/aromatic N) is 2. The molecule has 0 unspecified atom stereocenters. The number of rotatable bonds is 4. The number of aromatic nitrogens is 2. The highest BCUT2D eigenvalue weighted by atomic mass is 32.1. The number of benzene rings is 2. The van der Waals surface area contributed by atoms with E-state index in [4.69, 9.17) is 0 Å². The lowest BCUT2D eigenvalue weighted by Crippen LogP contribution is -2.02. The van der Waals surface area contributed by atoms with Gasteiger partial charge in [0, 0.05) is 13.1 Å². The van der Waals surface area contributed by atoms with Gasteiger partial charge in [0.2, 0.25) is 0 Å². The molecular formula is C26H18N2S3. The molecule has 0 saturated heterocycles. The van der Waals surface area contributed by atoms with Crippen LogP contribution < -0.4 is 0 Å². The van der Waals surface area contributed by atoms with E-state index in [2.05, 4.69) is 92.7 Å². The lowest BCUT2D eigenvalue weighted by atomic mass is 10.2. The molecule has 5 heterocycles. The molecule has 0 amide bonds. The average molecular weight is 455 g/mol. The van der Waals surface area contributed by atoms with Crippen molar-refractivity contribution in [2.75, 3.05) is 0 Å². The predicted octanol–water partition coefficient (Wildman–Crippen LogP) is 8.18. The first-order valence-corrected chi connectivity index (χ1v) is 12.9. The highest BCUT2D eigenvalue weighted by Crippen LogP contribution is 2.48. The minimum Gasteiger partial charge on any atom is -0.333 e. The fourth-order valence-corrected chi connectivity index (χ4v) is 8.11. The van der Waals surface area contributed by atoms with E-state index in [0.717, 1.165) is 13.1 Å². The van der Waals surface area contributed by atoms with Gasteiger partial charge in [0.05, 0.1) is 40.9 Å². The maximum absolute atomic E-state index is 2.54. The third kappa shape index (κ3) is 2.61. The maximum Gasteiger partial charge on any atom is 0.0861 e. The van der Waals surface area contributed by atoms with Crippen LogP contribution in [-0.4, -0.2) is 9.13 Å². The Morgan fingerprint density at radius 3 is 1.42 bits per heavy atom. The van der Waals surface area contributed by atoms with Crippen molar-refractivity contribution >= 4 is 74.9 Å². The van der Waals surface area contributed by atoms with Crippen molar-refractivity contribution in [2.24, 2.45) is 0 Å². The Hall–Kier alpha value is -2.86. The molecule has 0 spiro atoms. The van der Waals surface area contributed by atoms with Crippen molar-refractivity contribution < 1.29 is 0 Å². The summed E-state index contributed by atoms with van der Waals surface area (Å²) in [6, 6.07) is 26.2. The molecule has 2 nitrogen and oxygen atoms in total. The number of hydrogen-bond donors (Lipinski definition) is 0. The quantitative estimate of drug-likeness (QED) is 0.254. The maximum atomic E-state index is 2.54. The topological polar surface area (TPSA) is 9.86 Å². The Kier molecular flexibility index (Phi) is 3.91. The predicted molar refractivity (Wildman–Crippen MR) is 137 cm³/mol. The highest BCUT2D eigenvalue weighted by molar-refractivity contribution is 7.33. The first-order valence-electron chi connectivity index (χ1n) is 10.3. The van der Waals surface area contributed by atoms with Gasteiger partial charge in [0.1, 0.15) is 0 Å². The fraction of sp³-hybridized carbons (Fsp3) is 0.0769. The van der Waals surface area contributed by atoms with E-state index in [0.29, 0.717) is 0 Å². The Labute approximate surface area is 191 Å². The summed E-state index contributed by atoms with van der Waals surface area (Å²) in [5.74, 6) is 0. The molecule has 0 atom stereocenters. The zero-order valence-electron chi connectivity index (χ0n) is 16.6. The van der Waals surface area contributed by atoms with Crippen LogP contribution in [0.3, 0.4) is 0 Å². The molecule has 7 rings (SSSR count). The molecule has 2 aromatic carbocycles. The van der Waals surface area contributed by atoms with Gasteiger partial charge in [-0.25, -0.2) is 0 Å². The van der Waals surface area contributed by atoms with Crippen LogP contribution >= 0.6 is 34.0 Å². The summed E-state index contributed by atoms with van der Waals surface area (Å²) >= 11 is 5.71. The molecule has 0 saturated carbocycles. The molecule has 0 fully saturated rings. The van der Waals surface area contributed by atoms with Gasteiger partial charge in [-0.05, 0) is 34.0 Å². The summed E-state index contributed by atoms with van der Waals surface area (Å²) in [6.07, 6.45) is 0. The van der Waals surface area contributed by atoms with Gasteiger partial charge in [0.15, 0.2) is 0 Å². The van der Waals surface area contributed by atoms with Gasteiger partial charge in [-0.3, -0.25) is 0 Å². The van der Waals surface area contributed by atoms with Crippen molar-refractivity contribution in [3.63, 3.8) is 0 Å². The van der Waals surface area contributed by atoms with Crippen molar-refractivity contribution in [3.05, 3.63) is 94.7 Å². The Morgan fingerprint density at radius 1 is 0.516 bits per heavy atom. The highest BCUT2D eigenvalue weighted by Gasteiger charge is 2.24. The summed E-state index contributed by atoms with van der Waals surface area (Å²) in [4.78, 5) is 0. The van der Waals surface area contributed by atoms with Gasteiger partial charge in [-0.2, -0.15) is 0 Å². The second kappa shape index (κ2) is 6.82. The van der Waals surface area contributed by atoms with Gasteiger partial charge in [0.25, 0.3) is 0 Å². The first-order chi connectivity index (χ1) is 15.4. The molecular weight excluding hydrogens is 437 g/mol. The number of fused-ring (bicyclic) bond motifs is 7. The van der Waals surface area contributed by atoms with Crippen LogP contribution in [0, 0.1) is 0 Å². The third-order valence-corrected chi connectivity index (χ3v) is 9.35. The van der Waals surface area contributed by atoms with E-state index in [1.165, 1.54) is 52.0 Å². The first kappa shape index (κ1) is 17.8. The van der Waals surface area contributed by atoms with Crippen molar-refractivity contribution in [1.29, 1.82) is 0 Å². The fourth-order valence-electron chi connectivity index (χ4n) is 4.69. The summed E-state index contributed by atoms with van der Waals surface area (Å²) < 4.78 is 10.8. The van der Waals surface area contributed by atoms with Gasteiger partial charge in [-0.1, -0.05) is 60.7 Å². The van der Waals surface area contributed by atoms with E-state index >= 15 is 0 Å². The van der Waals surface area contributed by atoms with E-state index in [1.54, 1.807) is 0 Å². The van der Waals surface area contributed by atoms with Crippen LogP contribution in [0.4, 0.5) is 0 Å². The van der Waals surface area contributed by atoms with Crippen LogP contribution in [0.5, 0.6) is 0 Å². The molecule has 0 aliphatic heterocycles. The molecule has 0 bridgehead atoms. The summed E-state index contributed by atoms with van der Waals surface area (Å²) in [5.41, 5.74) is 8.18. The Balaban J connectivity index is 1.57. The molecule has 5 heteroatoms. The van der Waals surface area contributed by atoms with Crippen molar-refractivity contribution in [3.8, 4) is 0 Å². The molecule has 31 heavy (non-hydrogen) atoms. The Bertz CT molecular complexity index is 1550. The van der Waals surface area contributed by atoms with Crippen LogP contribution in [0.25, 0.3) is 40.9 Å². The minimum atomic E-state index is 0.896. The van der Waals surface area contributed by atoms with Crippen molar-refractivity contribution in [1.82, 2.24) is 9.13 Å². The molecule has 0 aliphatic carbocycles. The van der Waals surface area contributed by atoms with Crippen molar-refractivity contribution in [2.45, 2.75) is 13.1 Å². The van der Waals surface area contributed by atoms with Gasteiger partial charge in [-0.15, -0.1) is 34.0 Å². The summed E-state index contributed by atoms with van der Waals surface area (Å²) in [7, 11) is 0. The lowest BCUT2D eigenvalue weighted by molar-refractivity contribution is 0.850. The summed E-state index contributed by atoms with van der Waals surface area (Å²) in [5, 5.41) is 4.46. The standard InChI is InChI=1S/C26H18N2S3/c1-3-7-17(8-4-1)15-27-19-11-13-29-23(19)25-21(27)22-26(31-25)24-20(12-14-30-24)28(22)16-18-9-5-2-6-10-18/h1-14H,15-16H2. The third-order valence-electron chi connectivity index (χ3n) is 6.05. The van der Waals surface area contributed by atoms with E-state index in [1.807, 2.05) is 34.0 Å². The zero-order chi connectivity index (χ0) is 20.4. The van der Waals surface area contributed by atoms with E-state index in [9.17, 15) is 0 Å². The van der Waals surface area contributed by atoms with Crippen LogP contribution in [0.2, 0.25) is 0 Å². The average Bonchev–Trinajstić information content (AvgIpc) is 3.59. The monoisotopic (exact) mass is 454 g/mol. The molecule has 7 aromatic rings. The molecule has 0 radical (unpaired) electrons. The molecule has 150 valence electrons. The van der Waals surface area contributed by atoms with E-state index in [-0.39, 0.29) is 0 Å². The number of thiophene rings is 3. The zero-order valence-corrected chi connectivity index (χ0v) is 19.1. The second-order valence-corrected chi connectivity index (χ2v) is 10.7. The molecule has 0 aliphatic rings. The second-order valence-electron chi connectivity index (χ2n) is 7.87. The van der Waals surface area contributed by atoms with Crippen LogP contribution in [0.15, 0.2) is 83.6 Å². The lowest BCUT2D eigenvalue weighted by Gasteiger charge is -2.10. The minimum absolute atomic E-state index is 0.896. The van der Waals surface area contributed by atoms with Gasteiger partial charge < -0.3 is 9.13 Å². The molecule has 0 N–H and O–H groups in total. The normalized spacial score (nSPS) is 12.1. The number of hydrogen-bond acceptors (Lipinski definition) is 3.